The van der Waals surface area contributed by atoms with E-state index >= 15 is 0 Å². The molecule has 1 atom stereocenters. The quantitative estimate of drug-likeness (QED) is 0.878. The highest BCUT2D eigenvalue weighted by Gasteiger charge is 2.40. The molecule has 0 aromatic carbocycles. The number of piperidine rings is 1. The van der Waals surface area contributed by atoms with Crippen molar-refractivity contribution in [2.45, 2.75) is 45.1 Å². The maximum atomic E-state index is 12.4. The van der Waals surface area contributed by atoms with Crippen LogP contribution in [0.5, 0.6) is 0 Å². The van der Waals surface area contributed by atoms with E-state index in [2.05, 4.69) is 20.9 Å². The second-order valence-electron chi connectivity index (χ2n) is 7.46. The molecule has 1 aliphatic carbocycles. The van der Waals surface area contributed by atoms with Gasteiger partial charge in [-0.05, 0) is 44.1 Å². The highest BCUT2D eigenvalue weighted by molar-refractivity contribution is 5.94. The van der Waals surface area contributed by atoms with Gasteiger partial charge in [-0.1, -0.05) is 6.42 Å². The topological polar surface area (TPSA) is 93.0 Å². The fourth-order valence-electron chi connectivity index (χ4n) is 4.24. The molecule has 1 saturated heterocycles. The summed E-state index contributed by atoms with van der Waals surface area (Å²) >= 11 is 0. The summed E-state index contributed by atoms with van der Waals surface area (Å²) in [6.45, 7) is 3.38. The zero-order valence-corrected chi connectivity index (χ0v) is 14.4. The number of H-pyrrole nitrogens is 1. The molecule has 2 N–H and O–H groups in total. The molecular formula is C19H22N4O2. The Hall–Kier alpha value is -2.39. The zero-order valence-electron chi connectivity index (χ0n) is 14.4. The van der Waals surface area contributed by atoms with Crippen LogP contribution in [0.15, 0.2) is 17.1 Å². The molecule has 2 aromatic heterocycles. The maximum Gasteiger partial charge on any atom is 0.268 e. The summed E-state index contributed by atoms with van der Waals surface area (Å²) < 4.78 is 0. The van der Waals surface area contributed by atoms with Crippen LogP contribution in [0.3, 0.4) is 0 Å². The molecule has 2 aliphatic rings. The fraction of sp³-hybridized carbons (Fsp3) is 0.526. The minimum absolute atomic E-state index is 0.153. The molecule has 1 aliphatic heterocycles. The molecule has 1 unspecified atom stereocenters. The van der Waals surface area contributed by atoms with Gasteiger partial charge in [-0.2, -0.15) is 5.26 Å². The third-order valence-corrected chi connectivity index (χ3v) is 5.99. The molecule has 2 aromatic rings. The van der Waals surface area contributed by atoms with Crippen LogP contribution in [0.4, 0.5) is 5.69 Å². The second-order valence-corrected chi connectivity index (χ2v) is 7.46. The number of nitriles is 1. The fourth-order valence-corrected chi connectivity index (χ4v) is 4.24. The number of nitrogens with zero attached hydrogens (tertiary/aromatic N) is 3. The van der Waals surface area contributed by atoms with Gasteiger partial charge in [0, 0.05) is 18.5 Å². The lowest BCUT2D eigenvalue weighted by atomic mass is 9.63. The van der Waals surface area contributed by atoms with E-state index < -0.39 is 6.10 Å². The average molecular weight is 338 g/mol. The van der Waals surface area contributed by atoms with E-state index in [0.717, 1.165) is 31.3 Å². The van der Waals surface area contributed by atoms with Crippen LogP contribution in [0.25, 0.3) is 10.9 Å². The van der Waals surface area contributed by atoms with E-state index in [0.29, 0.717) is 22.3 Å². The van der Waals surface area contributed by atoms with Crippen molar-refractivity contribution in [2.75, 3.05) is 18.0 Å². The van der Waals surface area contributed by atoms with Gasteiger partial charge in [0.15, 0.2) is 0 Å². The molecule has 0 bridgehead atoms. The van der Waals surface area contributed by atoms with E-state index in [-0.39, 0.29) is 11.1 Å². The maximum absolute atomic E-state index is 12.4. The van der Waals surface area contributed by atoms with Gasteiger partial charge < -0.3 is 15.0 Å². The Morgan fingerprint density at radius 2 is 2.08 bits per heavy atom. The third-order valence-electron chi connectivity index (χ3n) is 5.99. The van der Waals surface area contributed by atoms with E-state index in [9.17, 15) is 15.2 Å². The van der Waals surface area contributed by atoms with E-state index in [1.54, 1.807) is 19.2 Å². The number of hydrogen-bond donors (Lipinski definition) is 2. The first kappa shape index (κ1) is 16.1. The Labute approximate surface area is 146 Å². The molecule has 6 heteroatoms. The summed E-state index contributed by atoms with van der Waals surface area (Å²) in [4.78, 5) is 21.5. The van der Waals surface area contributed by atoms with Gasteiger partial charge >= 0.3 is 0 Å². The summed E-state index contributed by atoms with van der Waals surface area (Å²) in [5.41, 5.74) is 2.11. The number of aromatic amines is 1. The molecule has 4 rings (SSSR count). The molecule has 25 heavy (non-hydrogen) atoms. The van der Waals surface area contributed by atoms with Gasteiger partial charge in [0.1, 0.15) is 11.6 Å². The lowest BCUT2D eigenvalue weighted by Gasteiger charge is -2.48. The number of fused-ring (bicyclic) bond motifs is 1. The van der Waals surface area contributed by atoms with Crippen LogP contribution in [-0.2, 0) is 0 Å². The first-order valence-electron chi connectivity index (χ1n) is 8.92. The summed E-state index contributed by atoms with van der Waals surface area (Å²) in [7, 11) is 0. The average Bonchev–Trinajstić information content (AvgIpc) is 2.59. The van der Waals surface area contributed by atoms with Crippen molar-refractivity contribution in [3.63, 3.8) is 0 Å². The SMILES string of the molecule is CC(O)c1cc2c(N3CCC4(CCC4)CC3)c(C#N)c(=O)[nH]c2cn1. The van der Waals surface area contributed by atoms with Crippen LogP contribution < -0.4 is 10.5 Å². The van der Waals surface area contributed by atoms with Gasteiger partial charge in [0.25, 0.3) is 5.56 Å². The Morgan fingerprint density at radius 3 is 2.64 bits per heavy atom. The van der Waals surface area contributed by atoms with Crippen LogP contribution in [0.1, 0.15) is 56.4 Å². The highest BCUT2D eigenvalue weighted by atomic mass is 16.3. The smallest absolute Gasteiger partial charge is 0.268 e. The predicted molar refractivity (Wildman–Crippen MR) is 95.4 cm³/mol. The molecule has 3 heterocycles. The summed E-state index contributed by atoms with van der Waals surface area (Å²) in [5, 5.41) is 20.2. The van der Waals surface area contributed by atoms with Gasteiger partial charge in [0.2, 0.25) is 0 Å². The van der Waals surface area contributed by atoms with Crippen molar-refractivity contribution in [1.82, 2.24) is 9.97 Å². The minimum atomic E-state index is -0.700. The molecule has 1 saturated carbocycles. The Bertz CT molecular complexity index is 911. The van der Waals surface area contributed by atoms with Gasteiger partial charge in [-0.25, -0.2) is 0 Å². The molecule has 0 radical (unpaired) electrons. The highest BCUT2D eigenvalue weighted by Crippen LogP contribution is 2.49. The minimum Gasteiger partial charge on any atom is -0.387 e. The van der Waals surface area contributed by atoms with Crippen LogP contribution in [-0.4, -0.2) is 28.2 Å². The normalized spacial score (nSPS) is 20.3. The number of anilines is 1. The van der Waals surface area contributed by atoms with E-state index in [4.69, 9.17) is 0 Å². The molecule has 130 valence electrons. The zero-order chi connectivity index (χ0) is 17.6. The second kappa shape index (κ2) is 5.85. The number of nitrogens with one attached hydrogen (secondary N) is 1. The summed E-state index contributed by atoms with van der Waals surface area (Å²) in [6, 6.07) is 3.87. The number of hydrogen-bond acceptors (Lipinski definition) is 5. The molecule has 1 spiro atoms. The first-order chi connectivity index (χ1) is 12.0. The summed E-state index contributed by atoms with van der Waals surface area (Å²) in [6.07, 6.45) is 7.02. The predicted octanol–water partition coefficient (Wildman–Crippen LogP) is 2.62. The van der Waals surface area contributed by atoms with Gasteiger partial charge in [-0.3, -0.25) is 9.78 Å². The van der Waals surface area contributed by atoms with Crippen LogP contribution >= 0.6 is 0 Å². The third kappa shape index (κ3) is 2.59. The van der Waals surface area contributed by atoms with Gasteiger partial charge in [-0.15, -0.1) is 0 Å². The Morgan fingerprint density at radius 1 is 1.36 bits per heavy atom. The van der Waals surface area contributed by atoms with Crippen LogP contribution in [0.2, 0.25) is 0 Å². The van der Waals surface area contributed by atoms with Crippen molar-refractivity contribution in [3.05, 3.63) is 33.9 Å². The lowest BCUT2D eigenvalue weighted by molar-refractivity contribution is 0.0956. The number of aliphatic hydroxyl groups excluding tert-OH is 1. The molecule has 6 nitrogen and oxygen atoms in total. The van der Waals surface area contributed by atoms with Crippen molar-refractivity contribution in [1.29, 1.82) is 5.26 Å². The van der Waals surface area contributed by atoms with E-state index in [1.165, 1.54) is 19.3 Å². The molecule has 2 fully saturated rings. The van der Waals surface area contributed by atoms with Crippen molar-refractivity contribution in [3.8, 4) is 6.07 Å². The van der Waals surface area contributed by atoms with E-state index in [1.807, 2.05) is 0 Å². The van der Waals surface area contributed by atoms with Crippen molar-refractivity contribution < 1.29 is 5.11 Å². The monoisotopic (exact) mass is 338 g/mol. The molecule has 0 amide bonds. The number of pyridine rings is 2. The van der Waals surface area contributed by atoms with Crippen molar-refractivity contribution >= 4 is 16.6 Å². The Kier molecular flexibility index (Phi) is 3.77. The van der Waals surface area contributed by atoms with Crippen LogP contribution in [0, 0.1) is 16.7 Å². The Balaban J connectivity index is 1.83. The first-order valence-corrected chi connectivity index (χ1v) is 8.92. The molecular weight excluding hydrogens is 316 g/mol. The standard InChI is InChI=1S/C19H22N4O2/c1-12(24)15-9-13-16(11-21-15)22-18(25)14(10-20)17(13)23-7-5-19(6-8-23)3-2-4-19/h9,11-12,24H,2-8H2,1H3,(H,22,25). The largest absolute Gasteiger partial charge is 0.387 e. The number of aromatic nitrogens is 2. The number of aliphatic hydroxyl groups is 1. The van der Waals surface area contributed by atoms with Gasteiger partial charge in [0.05, 0.1) is 29.2 Å². The number of rotatable bonds is 2. The summed E-state index contributed by atoms with van der Waals surface area (Å²) in [5.74, 6) is 0. The van der Waals surface area contributed by atoms with Crippen molar-refractivity contribution in [2.24, 2.45) is 5.41 Å². The lowest BCUT2D eigenvalue weighted by Crippen LogP contribution is -2.44.